The molecule has 0 bridgehead atoms. The molecule has 3 heteroatoms. The monoisotopic (exact) mass is 696 g/mol. The average Bonchev–Trinajstić information content (AvgIpc) is 3.87. The first-order chi connectivity index (χ1) is 24.5. The summed E-state index contributed by atoms with van der Waals surface area (Å²) in [5.74, 6) is 13.4. The van der Waals surface area contributed by atoms with Crippen molar-refractivity contribution in [1.82, 2.24) is 4.90 Å². The Morgan fingerprint density at radius 1 is 0.440 bits per heavy atom. The summed E-state index contributed by atoms with van der Waals surface area (Å²) in [6.07, 6.45) is 38.7. The Morgan fingerprint density at radius 3 is 1.20 bits per heavy atom. The van der Waals surface area contributed by atoms with Gasteiger partial charge < -0.3 is 14.4 Å². The van der Waals surface area contributed by atoms with Crippen molar-refractivity contribution in [3.8, 4) is 0 Å². The zero-order valence-corrected chi connectivity index (χ0v) is 34.0. The lowest BCUT2D eigenvalue weighted by atomic mass is 10.0. The molecule has 0 radical (unpaired) electrons. The van der Waals surface area contributed by atoms with Crippen molar-refractivity contribution < 1.29 is 9.47 Å². The number of ether oxygens (including phenoxy) is 2. The van der Waals surface area contributed by atoms with E-state index in [9.17, 15) is 0 Å². The Bertz CT molecular complexity index is 936. The van der Waals surface area contributed by atoms with E-state index >= 15 is 0 Å². The minimum atomic E-state index is 0.219. The highest BCUT2D eigenvalue weighted by Crippen LogP contribution is 2.59. The molecule has 13 unspecified atom stereocenters. The topological polar surface area (TPSA) is 21.7 Å². The molecule has 13 atom stereocenters. The van der Waals surface area contributed by atoms with Gasteiger partial charge in [0, 0.05) is 19.8 Å². The Morgan fingerprint density at radius 2 is 0.800 bits per heavy atom. The van der Waals surface area contributed by atoms with Gasteiger partial charge in [0.1, 0.15) is 0 Å². The van der Waals surface area contributed by atoms with E-state index in [1.807, 2.05) is 0 Å². The zero-order valence-electron chi connectivity index (χ0n) is 34.0. The smallest absolute Gasteiger partial charge is 0.0934 e. The molecule has 6 saturated carbocycles. The van der Waals surface area contributed by atoms with Crippen molar-refractivity contribution in [1.29, 1.82) is 0 Å². The highest BCUT2D eigenvalue weighted by Gasteiger charge is 2.49. The molecule has 0 aromatic rings. The Balaban J connectivity index is 0.690. The van der Waals surface area contributed by atoms with Gasteiger partial charge in [-0.15, -0.1) is 0 Å². The van der Waals surface area contributed by atoms with Crippen LogP contribution in [0.25, 0.3) is 0 Å². The van der Waals surface area contributed by atoms with E-state index in [0.29, 0.717) is 0 Å². The molecule has 6 rings (SSSR count). The van der Waals surface area contributed by atoms with Gasteiger partial charge in [-0.05, 0) is 162 Å². The molecule has 6 aliphatic carbocycles. The van der Waals surface area contributed by atoms with Crippen LogP contribution in [0.1, 0.15) is 181 Å². The first-order valence-electron chi connectivity index (χ1n) is 23.3. The van der Waals surface area contributed by atoms with Crippen LogP contribution in [0.5, 0.6) is 0 Å². The number of nitrogens with zero attached hydrogens (tertiary/aromatic N) is 1. The Labute approximate surface area is 311 Å². The minimum absolute atomic E-state index is 0.219. The second kappa shape index (κ2) is 20.5. The molecule has 0 spiro atoms. The SMILES string of the molecule is CCCCCC1CC1CC1CC1CC1CC1CCCCCOCC(CN(C)C)OCCCCCC1CC1CC1CC1CC1CC1CCCCC. The molecular weight excluding hydrogens is 611 g/mol. The van der Waals surface area contributed by atoms with Crippen molar-refractivity contribution >= 4 is 0 Å². The van der Waals surface area contributed by atoms with Crippen LogP contribution < -0.4 is 0 Å². The van der Waals surface area contributed by atoms with E-state index < -0.39 is 0 Å². The first kappa shape index (κ1) is 39.6. The minimum Gasteiger partial charge on any atom is -0.379 e. The molecular formula is C47H85NO2. The summed E-state index contributed by atoms with van der Waals surface area (Å²) in [5, 5.41) is 0. The Hall–Kier alpha value is -0.120. The van der Waals surface area contributed by atoms with Crippen LogP contribution in [0.2, 0.25) is 0 Å². The predicted octanol–water partition coefficient (Wildman–Crippen LogP) is 12.6. The molecule has 6 aliphatic rings. The standard InChI is InChI=1S/C47H85NO2/c1-5-7-11-17-35-23-39(35)27-43-31-45(43)29-41-25-37(41)19-13-9-15-21-49-34-47(33-48(3)4)50-22-16-10-14-20-38-26-42(38)30-46-32-44(46)28-40-24-36(40)18-12-8-6-2/h35-47H,5-34H2,1-4H3. The predicted molar refractivity (Wildman–Crippen MR) is 212 cm³/mol. The fraction of sp³-hybridized carbons (Fsp3) is 1.00. The van der Waals surface area contributed by atoms with E-state index in [1.165, 1.54) is 103 Å². The lowest BCUT2D eigenvalue weighted by Crippen LogP contribution is -2.32. The second-order valence-electron chi connectivity index (χ2n) is 20.0. The molecule has 50 heavy (non-hydrogen) atoms. The normalized spacial score (nSPS) is 36.9. The van der Waals surface area contributed by atoms with Gasteiger partial charge in [0.05, 0.1) is 12.7 Å². The van der Waals surface area contributed by atoms with Gasteiger partial charge >= 0.3 is 0 Å². The van der Waals surface area contributed by atoms with E-state index in [1.54, 1.807) is 64.2 Å². The maximum absolute atomic E-state index is 6.35. The van der Waals surface area contributed by atoms with Crippen molar-refractivity contribution in [3.05, 3.63) is 0 Å². The van der Waals surface area contributed by atoms with Gasteiger partial charge in [-0.2, -0.15) is 0 Å². The van der Waals surface area contributed by atoms with Gasteiger partial charge in [0.25, 0.3) is 0 Å². The summed E-state index contributed by atoms with van der Waals surface area (Å²) in [6, 6.07) is 0. The van der Waals surface area contributed by atoms with E-state index in [-0.39, 0.29) is 6.10 Å². The molecule has 0 saturated heterocycles. The third-order valence-electron chi connectivity index (χ3n) is 15.0. The fourth-order valence-electron chi connectivity index (χ4n) is 11.0. The summed E-state index contributed by atoms with van der Waals surface area (Å²) >= 11 is 0. The summed E-state index contributed by atoms with van der Waals surface area (Å²) in [4.78, 5) is 2.26. The molecule has 3 nitrogen and oxygen atoms in total. The van der Waals surface area contributed by atoms with Gasteiger partial charge in [-0.1, -0.05) is 104 Å². The fourth-order valence-corrected chi connectivity index (χ4v) is 11.0. The van der Waals surface area contributed by atoms with Gasteiger partial charge in [0.2, 0.25) is 0 Å². The third-order valence-corrected chi connectivity index (χ3v) is 15.0. The van der Waals surface area contributed by atoms with Crippen molar-refractivity contribution in [2.75, 3.05) is 40.5 Å². The zero-order chi connectivity index (χ0) is 34.7. The average molecular weight is 696 g/mol. The molecule has 0 aliphatic heterocycles. The lowest BCUT2D eigenvalue weighted by molar-refractivity contribution is -0.0287. The number of rotatable bonds is 33. The van der Waals surface area contributed by atoms with Crippen LogP contribution in [-0.2, 0) is 9.47 Å². The maximum atomic E-state index is 6.35. The van der Waals surface area contributed by atoms with Gasteiger partial charge in [-0.25, -0.2) is 0 Å². The van der Waals surface area contributed by atoms with Gasteiger partial charge in [0.15, 0.2) is 0 Å². The largest absolute Gasteiger partial charge is 0.379 e. The summed E-state index contributed by atoms with van der Waals surface area (Å²) in [6.45, 7) is 8.22. The van der Waals surface area contributed by atoms with Crippen LogP contribution in [-0.4, -0.2) is 51.5 Å². The molecule has 0 aromatic carbocycles. The van der Waals surface area contributed by atoms with Crippen molar-refractivity contribution in [3.63, 3.8) is 0 Å². The maximum Gasteiger partial charge on any atom is 0.0934 e. The molecule has 290 valence electrons. The molecule has 0 aromatic heterocycles. The van der Waals surface area contributed by atoms with Crippen LogP contribution in [0.15, 0.2) is 0 Å². The number of hydrogen-bond donors (Lipinski definition) is 0. The molecule has 0 N–H and O–H groups in total. The number of hydrogen-bond acceptors (Lipinski definition) is 3. The van der Waals surface area contributed by atoms with Crippen LogP contribution in [0.4, 0.5) is 0 Å². The van der Waals surface area contributed by atoms with Crippen molar-refractivity contribution in [2.45, 2.75) is 187 Å². The van der Waals surface area contributed by atoms with Crippen molar-refractivity contribution in [2.24, 2.45) is 71.0 Å². The number of unbranched alkanes of at least 4 members (excludes halogenated alkanes) is 8. The second-order valence-corrected chi connectivity index (χ2v) is 20.0. The molecule has 6 fully saturated rings. The Kier molecular flexibility index (Phi) is 16.2. The number of likely N-dealkylation sites (N-methyl/N-ethyl adjacent to an activating group) is 1. The van der Waals surface area contributed by atoms with Crippen LogP contribution in [0.3, 0.4) is 0 Å². The molecule has 0 amide bonds. The van der Waals surface area contributed by atoms with E-state index in [2.05, 4.69) is 32.8 Å². The van der Waals surface area contributed by atoms with Gasteiger partial charge in [-0.3, -0.25) is 0 Å². The summed E-state index contributed by atoms with van der Waals surface area (Å²) in [5.41, 5.74) is 0. The quantitative estimate of drug-likeness (QED) is 0.0638. The summed E-state index contributed by atoms with van der Waals surface area (Å²) in [7, 11) is 4.33. The molecule has 0 heterocycles. The lowest BCUT2D eigenvalue weighted by Gasteiger charge is -2.21. The highest BCUT2D eigenvalue weighted by molar-refractivity contribution is 5.00. The third kappa shape index (κ3) is 14.6. The summed E-state index contributed by atoms with van der Waals surface area (Å²) < 4.78 is 12.5. The van der Waals surface area contributed by atoms with E-state index in [4.69, 9.17) is 9.47 Å². The van der Waals surface area contributed by atoms with Crippen LogP contribution in [0, 0.1) is 71.0 Å². The highest BCUT2D eigenvalue weighted by atomic mass is 16.5. The van der Waals surface area contributed by atoms with E-state index in [0.717, 1.165) is 97.4 Å². The first-order valence-corrected chi connectivity index (χ1v) is 23.3. The van der Waals surface area contributed by atoms with Crippen LogP contribution >= 0.6 is 0 Å².